The van der Waals surface area contributed by atoms with E-state index in [2.05, 4.69) is 40.5 Å². The van der Waals surface area contributed by atoms with Crippen LogP contribution >= 0.6 is 0 Å². The van der Waals surface area contributed by atoms with Crippen LogP contribution in [0.5, 0.6) is 0 Å². The smallest absolute Gasteiger partial charge is 0.191 e. The number of nitrogens with zero attached hydrogens (tertiary/aromatic N) is 2. The number of hydrogen-bond donors (Lipinski definition) is 2. The maximum atomic E-state index is 5.60. The summed E-state index contributed by atoms with van der Waals surface area (Å²) in [4.78, 5) is 8.73. The Hall–Kier alpha value is -1.62. The fraction of sp³-hybridized carbons (Fsp3) is 0.625. The molecule has 2 N–H and O–H groups in total. The quantitative estimate of drug-likeness (QED) is 0.618. The average Bonchev–Trinajstić information content (AvgIpc) is 3.00. The molecule has 1 fully saturated rings. The number of aromatic nitrogens is 1. The molecule has 1 aromatic heterocycles. The van der Waals surface area contributed by atoms with Crippen molar-refractivity contribution >= 4 is 5.96 Å². The Morgan fingerprint density at radius 3 is 3.10 bits per heavy atom. The van der Waals surface area contributed by atoms with Gasteiger partial charge in [0.1, 0.15) is 0 Å². The third-order valence-electron chi connectivity index (χ3n) is 3.64. The summed E-state index contributed by atoms with van der Waals surface area (Å²) in [6.07, 6.45) is 7.30. The number of guanidine groups is 1. The molecule has 1 aromatic rings. The third-order valence-corrected chi connectivity index (χ3v) is 3.64. The monoisotopic (exact) mass is 290 g/mol. The Balaban J connectivity index is 1.79. The number of aryl methyl sites for hydroxylation is 1. The van der Waals surface area contributed by atoms with Crippen LogP contribution < -0.4 is 10.6 Å². The van der Waals surface area contributed by atoms with Gasteiger partial charge in [0.2, 0.25) is 0 Å². The van der Waals surface area contributed by atoms with Crippen molar-refractivity contribution in [3.63, 3.8) is 0 Å². The van der Waals surface area contributed by atoms with Gasteiger partial charge in [-0.1, -0.05) is 0 Å². The van der Waals surface area contributed by atoms with Crippen LogP contribution in [0.4, 0.5) is 0 Å². The molecule has 0 aromatic carbocycles. The Kier molecular flexibility index (Phi) is 6.47. The highest BCUT2D eigenvalue weighted by Gasteiger charge is 2.14. The van der Waals surface area contributed by atoms with Crippen molar-refractivity contribution in [3.8, 4) is 0 Å². The highest BCUT2D eigenvalue weighted by molar-refractivity contribution is 5.79. The highest BCUT2D eigenvalue weighted by atomic mass is 16.5. The standard InChI is InChI=1S/C16H26N4O/c1-3-18-16(20-12-15-5-4-10-21-15)19-9-7-14-6-8-17-11-13(14)2/h6,8,11,15H,3-5,7,9-10,12H2,1-2H3,(H2,18,19,20). The Morgan fingerprint density at radius 1 is 1.48 bits per heavy atom. The summed E-state index contributed by atoms with van der Waals surface area (Å²) in [6.45, 7) is 7.53. The zero-order chi connectivity index (χ0) is 14.9. The molecular weight excluding hydrogens is 264 g/mol. The maximum absolute atomic E-state index is 5.60. The lowest BCUT2D eigenvalue weighted by atomic mass is 10.1. The van der Waals surface area contributed by atoms with E-state index in [9.17, 15) is 0 Å². The second-order valence-electron chi connectivity index (χ2n) is 5.33. The van der Waals surface area contributed by atoms with Crippen LogP contribution in [0, 0.1) is 6.92 Å². The van der Waals surface area contributed by atoms with Crippen LogP contribution in [0.2, 0.25) is 0 Å². The average molecular weight is 290 g/mol. The minimum absolute atomic E-state index is 0.294. The fourth-order valence-electron chi connectivity index (χ4n) is 2.42. The van der Waals surface area contributed by atoms with E-state index in [0.29, 0.717) is 6.10 Å². The highest BCUT2D eigenvalue weighted by Crippen LogP contribution is 2.11. The first-order valence-electron chi connectivity index (χ1n) is 7.83. The van der Waals surface area contributed by atoms with Crippen molar-refractivity contribution in [2.45, 2.75) is 39.2 Å². The van der Waals surface area contributed by atoms with E-state index in [0.717, 1.165) is 51.5 Å². The molecule has 1 unspecified atom stereocenters. The molecule has 116 valence electrons. The lowest BCUT2D eigenvalue weighted by molar-refractivity contribution is 0.117. The summed E-state index contributed by atoms with van der Waals surface area (Å²) in [5, 5.41) is 6.66. The van der Waals surface area contributed by atoms with Crippen LogP contribution in [0.15, 0.2) is 23.5 Å². The van der Waals surface area contributed by atoms with Gasteiger partial charge >= 0.3 is 0 Å². The normalized spacial score (nSPS) is 18.8. The number of aliphatic imine (C=N–C) groups is 1. The van der Waals surface area contributed by atoms with Crippen molar-refractivity contribution in [3.05, 3.63) is 29.6 Å². The summed E-state index contributed by atoms with van der Waals surface area (Å²) in [5.74, 6) is 0.875. The first-order valence-corrected chi connectivity index (χ1v) is 7.83. The van der Waals surface area contributed by atoms with Gasteiger partial charge in [0.05, 0.1) is 12.6 Å². The van der Waals surface area contributed by atoms with Gasteiger partial charge in [-0.3, -0.25) is 9.98 Å². The van der Waals surface area contributed by atoms with Crippen LogP contribution in [0.1, 0.15) is 30.9 Å². The Morgan fingerprint density at radius 2 is 2.38 bits per heavy atom. The second kappa shape index (κ2) is 8.62. The lowest BCUT2D eigenvalue weighted by Crippen LogP contribution is -2.39. The van der Waals surface area contributed by atoms with Gasteiger partial charge in [0, 0.05) is 32.1 Å². The van der Waals surface area contributed by atoms with E-state index in [1.165, 1.54) is 11.1 Å². The summed E-state index contributed by atoms with van der Waals surface area (Å²) in [7, 11) is 0. The largest absolute Gasteiger partial charge is 0.376 e. The number of hydrogen-bond acceptors (Lipinski definition) is 3. The molecule has 21 heavy (non-hydrogen) atoms. The first-order chi connectivity index (χ1) is 10.3. The third kappa shape index (κ3) is 5.34. The molecule has 0 bridgehead atoms. The molecule has 0 radical (unpaired) electrons. The molecule has 1 aliphatic heterocycles. The lowest BCUT2D eigenvalue weighted by Gasteiger charge is -2.13. The Labute approximate surface area is 127 Å². The molecule has 2 heterocycles. The van der Waals surface area contributed by atoms with E-state index < -0.39 is 0 Å². The molecule has 5 heteroatoms. The van der Waals surface area contributed by atoms with Gasteiger partial charge in [-0.2, -0.15) is 0 Å². The Bertz CT molecular complexity index is 455. The molecule has 1 atom stereocenters. The second-order valence-corrected chi connectivity index (χ2v) is 5.33. The SMILES string of the molecule is CCNC(=NCC1CCCO1)NCCc1ccncc1C. The molecule has 1 saturated heterocycles. The topological polar surface area (TPSA) is 58.5 Å². The van der Waals surface area contributed by atoms with Crippen LogP contribution in [-0.2, 0) is 11.2 Å². The molecule has 0 saturated carbocycles. The van der Waals surface area contributed by atoms with E-state index in [-0.39, 0.29) is 0 Å². The predicted molar refractivity (Wildman–Crippen MR) is 85.6 cm³/mol. The van der Waals surface area contributed by atoms with E-state index >= 15 is 0 Å². The van der Waals surface area contributed by atoms with E-state index in [4.69, 9.17) is 4.74 Å². The summed E-state index contributed by atoms with van der Waals surface area (Å²) in [6, 6.07) is 2.08. The zero-order valence-corrected chi connectivity index (χ0v) is 13.1. The van der Waals surface area contributed by atoms with Crippen molar-refractivity contribution in [1.29, 1.82) is 0 Å². The van der Waals surface area contributed by atoms with Crippen LogP contribution in [-0.4, -0.2) is 43.3 Å². The number of pyridine rings is 1. The molecule has 2 rings (SSSR count). The van der Waals surface area contributed by atoms with Gasteiger partial charge in [0.15, 0.2) is 5.96 Å². The zero-order valence-electron chi connectivity index (χ0n) is 13.1. The summed E-state index contributed by atoms with van der Waals surface area (Å²) >= 11 is 0. The number of rotatable bonds is 6. The minimum atomic E-state index is 0.294. The van der Waals surface area contributed by atoms with Gasteiger partial charge < -0.3 is 15.4 Å². The van der Waals surface area contributed by atoms with E-state index in [1.54, 1.807) is 0 Å². The maximum Gasteiger partial charge on any atom is 0.191 e. The number of ether oxygens (including phenoxy) is 1. The van der Waals surface area contributed by atoms with Crippen molar-refractivity contribution in [2.75, 3.05) is 26.2 Å². The van der Waals surface area contributed by atoms with Gasteiger partial charge in [-0.25, -0.2) is 0 Å². The van der Waals surface area contributed by atoms with Crippen LogP contribution in [0.3, 0.4) is 0 Å². The molecular formula is C16H26N4O. The van der Waals surface area contributed by atoms with Crippen LogP contribution in [0.25, 0.3) is 0 Å². The van der Waals surface area contributed by atoms with Gasteiger partial charge in [-0.15, -0.1) is 0 Å². The summed E-state index contributed by atoms with van der Waals surface area (Å²) < 4.78 is 5.60. The molecule has 0 spiro atoms. The van der Waals surface area contributed by atoms with Crippen molar-refractivity contribution < 1.29 is 4.74 Å². The molecule has 0 aliphatic carbocycles. The van der Waals surface area contributed by atoms with Crippen molar-refractivity contribution in [2.24, 2.45) is 4.99 Å². The van der Waals surface area contributed by atoms with Gasteiger partial charge in [-0.05, 0) is 50.3 Å². The minimum Gasteiger partial charge on any atom is -0.376 e. The summed E-state index contributed by atoms with van der Waals surface area (Å²) in [5.41, 5.74) is 2.56. The first kappa shape index (κ1) is 15.8. The molecule has 5 nitrogen and oxygen atoms in total. The molecule has 0 amide bonds. The van der Waals surface area contributed by atoms with Crippen molar-refractivity contribution in [1.82, 2.24) is 15.6 Å². The predicted octanol–water partition coefficient (Wildman–Crippen LogP) is 1.67. The number of nitrogens with one attached hydrogen (secondary N) is 2. The van der Waals surface area contributed by atoms with E-state index in [1.807, 2.05) is 12.4 Å². The van der Waals surface area contributed by atoms with Gasteiger partial charge in [0.25, 0.3) is 0 Å². The fourth-order valence-corrected chi connectivity index (χ4v) is 2.42. The molecule has 1 aliphatic rings.